The molecule has 0 saturated carbocycles. The number of halogens is 1. The minimum absolute atomic E-state index is 0.161. The Kier molecular flexibility index (Phi) is 2.41. The highest BCUT2D eigenvalue weighted by atomic mass is 35.5. The highest BCUT2D eigenvalue weighted by molar-refractivity contribution is 6.29. The molecule has 0 aliphatic carbocycles. The first-order valence-electron chi connectivity index (χ1n) is 5.51. The number of hydrogen-bond acceptors (Lipinski definition) is 3. The number of amides is 1. The van der Waals surface area contributed by atoms with E-state index >= 15 is 0 Å². The predicted octanol–water partition coefficient (Wildman–Crippen LogP) is 1.37. The molecular formula is C11H13ClN2O2. The van der Waals surface area contributed by atoms with Crippen LogP contribution in [0.4, 0.5) is 0 Å². The van der Waals surface area contributed by atoms with E-state index in [1.54, 1.807) is 12.1 Å². The standard InChI is InChI=1S/C11H13ClN2O2/c12-10-2-1-9(16-10)11(15)13-8-6-14-4-3-7(8)5-14/h1-2,7-8H,3-6H2,(H,13,15)/t7-,8?/m0/s1. The molecule has 2 aliphatic rings. The van der Waals surface area contributed by atoms with Gasteiger partial charge in [-0.2, -0.15) is 0 Å². The summed E-state index contributed by atoms with van der Waals surface area (Å²) in [6, 6.07) is 3.46. The number of piperidine rings is 1. The van der Waals surface area contributed by atoms with E-state index in [-0.39, 0.29) is 17.2 Å². The van der Waals surface area contributed by atoms with Crippen molar-refractivity contribution in [2.24, 2.45) is 5.92 Å². The monoisotopic (exact) mass is 240 g/mol. The number of fused-ring (bicyclic) bond motifs is 2. The van der Waals surface area contributed by atoms with E-state index in [1.165, 1.54) is 13.0 Å². The molecule has 0 radical (unpaired) electrons. The van der Waals surface area contributed by atoms with E-state index < -0.39 is 0 Å². The van der Waals surface area contributed by atoms with E-state index in [2.05, 4.69) is 10.2 Å². The van der Waals surface area contributed by atoms with E-state index in [4.69, 9.17) is 16.0 Å². The fourth-order valence-electron chi connectivity index (χ4n) is 2.62. The summed E-state index contributed by atoms with van der Waals surface area (Å²) in [5, 5.41) is 3.26. The van der Waals surface area contributed by atoms with Crippen LogP contribution in [0.25, 0.3) is 0 Å². The van der Waals surface area contributed by atoms with Crippen LogP contribution in [0.1, 0.15) is 17.0 Å². The van der Waals surface area contributed by atoms with Gasteiger partial charge in [-0.3, -0.25) is 4.79 Å². The second kappa shape index (κ2) is 3.79. The van der Waals surface area contributed by atoms with Crippen molar-refractivity contribution >= 4 is 17.5 Å². The highest BCUT2D eigenvalue weighted by Crippen LogP contribution is 2.28. The third-order valence-corrected chi connectivity index (χ3v) is 3.65. The molecule has 2 unspecified atom stereocenters. The maximum atomic E-state index is 11.8. The van der Waals surface area contributed by atoms with Crippen molar-refractivity contribution in [3.8, 4) is 0 Å². The number of hydrogen-bond donors (Lipinski definition) is 1. The van der Waals surface area contributed by atoms with Gasteiger partial charge in [0.1, 0.15) is 0 Å². The topological polar surface area (TPSA) is 45.5 Å². The first-order chi connectivity index (χ1) is 7.72. The molecule has 16 heavy (non-hydrogen) atoms. The van der Waals surface area contributed by atoms with Crippen LogP contribution in [0.15, 0.2) is 16.5 Å². The fraction of sp³-hybridized carbons (Fsp3) is 0.545. The number of nitrogens with one attached hydrogen (secondary N) is 1. The zero-order valence-corrected chi connectivity index (χ0v) is 9.54. The van der Waals surface area contributed by atoms with Gasteiger partial charge in [-0.05, 0) is 42.6 Å². The molecule has 2 bridgehead atoms. The molecule has 1 N–H and O–H groups in total. The molecule has 0 spiro atoms. The van der Waals surface area contributed by atoms with Crippen LogP contribution in [0, 0.1) is 5.92 Å². The predicted molar refractivity (Wildman–Crippen MR) is 59.5 cm³/mol. The second-order valence-corrected chi connectivity index (χ2v) is 4.86. The lowest BCUT2D eigenvalue weighted by molar-refractivity contribution is 0.0896. The Bertz CT molecular complexity index is 418. The van der Waals surface area contributed by atoms with Gasteiger partial charge in [-0.25, -0.2) is 0 Å². The molecule has 3 atom stereocenters. The van der Waals surface area contributed by atoms with Gasteiger partial charge in [0.15, 0.2) is 11.0 Å². The van der Waals surface area contributed by atoms with Gasteiger partial charge < -0.3 is 14.6 Å². The number of carbonyl (C=O) groups is 1. The molecule has 0 aromatic carbocycles. The molecule has 1 aromatic rings. The molecular weight excluding hydrogens is 228 g/mol. The average molecular weight is 241 g/mol. The van der Waals surface area contributed by atoms with Gasteiger partial charge >= 0.3 is 0 Å². The summed E-state index contributed by atoms with van der Waals surface area (Å²) < 4.78 is 5.08. The summed E-state index contributed by atoms with van der Waals surface area (Å²) in [5.74, 6) is 0.739. The van der Waals surface area contributed by atoms with Gasteiger partial charge in [-0.15, -0.1) is 0 Å². The van der Waals surface area contributed by atoms with Gasteiger partial charge in [0, 0.05) is 19.1 Å². The summed E-state index contributed by atoms with van der Waals surface area (Å²) >= 11 is 5.63. The number of furan rings is 1. The van der Waals surface area contributed by atoms with Crippen molar-refractivity contribution in [1.29, 1.82) is 0 Å². The van der Waals surface area contributed by atoms with Crippen molar-refractivity contribution < 1.29 is 9.21 Å². The van der Waals surface area contributed by atoms with Crippen molar-refractivity contribution in [2.45, 2.75) is 12.5 Å². The maximum Gasteiger partial charge on any atom is 0.287 e. The molecule has 2 aliphatic heterocycles. The van der Waals surface area contributed by atoms with Crippen LogP contribution in [0.3, 0.4) is 0 Å². The molecule has 2 fully saturated rings. The van der Waals surface area contributed by atoms with Crippen molar-refractivity contribution in [2.75, 3.05) is 19.6 Å². The Labute approximate surface area is 98.5 Å². The quantitative estimate of drug-likeness (QED) is 0.849. The Morgan fingerprint density at radius 1 is 1.50 bits per heavy atom. The minimum atomic E-state index is -0.161. The van der Waals surface area contributed by atoms with Gasteiger partial charge in [0.2, 0.25) is 0 Å². The zero-order valence-electron chi connectivity index (χ0n) is 8.78. The summed E-state index contributed by atoms with van der Waals surface area (Å²) in [7, 11) is 0. The molecule has 86 valence electrons. The van der Waals surface area contributed by atoms with Gasteiger partial charge in [0.25, 0.3) is 5.91 Å². The summed E-state index contributed by atoms with van der Waals surface area (Å²) in [6.07, 6.45) is 1.18. The van der Waals surface area contributed by atoms with Crippen LogP contribution in [-0.4, -0.2) is 36.5 Å². The van der Waals surface area contributed by atoms with Crippen LogP contribution in [-0.2, 0) is 0 Å². The number of nitrogens with zero attached hydrogens (tertiary/aromatic N) is 1. The summed E-state index contributed by atoms with van der Waals surface area (Å²) in [6.45, 7) is 3.25. The lowest BCUT2D eigenvalue weighted by Gasteiger charge is -2.22. The first-order valence-corrected chi connectivity index (χ1v) is 5.89. The van der Waals surface area contributed by atoms with Crippen molar-refractivity contribution in [3.05, 3.63) is 23.1 Å². The fourth-order valence-corrected chi connectivity index (χ4v) is 2.77. The smallest absolute Gasteiger partial charge is 0.287 e. The van der Waals surface area contributed by atoms with E-state index in [1.807, 2.05) is 0 Å². The minimum Gasteiger partial charge on any atom is -0.440 e. The largest absolute Gasteiger partial charge is 0.440 e. The molecule has 2 saturated heterocycles. The van der Waals surface area contributed by atoms with Crippen LogP contribution >= 0.6 is 11.6 Å². The highest BCUT2D eigenvalue weighted by Gasteiger charge is 2.38. The van der Waals surface area contributed by atoms with E-state index in [0.717, 1.165) is 13.1 Å². The summed E-state index contributed by atoms with van der Waals surface area (Å²) in [5.41, 5.74) is 0. The Morgan fingerprint density at radius 2 is 2.38 bits per heavy atom. The van der Waals surface area contributed by atoms with Crippen LogP contribution in [0.2, 0.25) is 5.22 Å². The Hall–Kier alpha value is -1.00. The van der Waals surface area contributed by atoms with Crippen LogP contribution in [0.5, 0.6) is 0 Å². The molecule has 1 aromatic heterocycles. The zero-order chi connectivity index (χ0) is 11.1. The number of carbonyl (C=O) groups excluding carboxylic acids is 1. The second-order valence-electron chi connectivity index (χ2n) is 4.49. The lowest BCUT2D eigenvalue weighted by atomic mass is 10.00. The molecule has 4 nitrogen and oxygen atoms in total. The molecule has 1 amide bonds. The average Bonchev–Trinajstić information content (AvgIpc) is 2.92. The normalized spacial score (nSPS) is 31.9. The van der Waals surface area contributed by atoms with Crippen LogP contribution < -0.4 is 5.32 Å². The Balaban J connectivity index is 1.65. The van der Waals surface area contributed by atoms with Crippen molar-refractivity contribution in [1.82, 2.24) is 10.2 Å². The van der Waals surface area contributed by atoms with Gasteiger partial charge in [-0.1, -0.05) is 0 Å². The third kappa shape index (κ3) is 1.72. The first kappa shape index (κ1) is 10.2. The van der Waals surface area contributed by atoms with Gasteiger partial charge in [0.05, 0.1) is 0 Å². The maximum absolute atomic E-state index is 11.8. The third-order valence-electron chi connectivity index (χ3n) is 3.45. The summed E-state index contributed by atoms with van der Waals surface area (Å²) in [4.78, 5) is 14.2. The molecule has 3 heterocycles. The molecule has 5 heteroatoms. The van der Waals surface area contributed by atoms with E-state index in [9.17, 15) is 4.79 Å². The molecule has 3 rings (SSSR count). The SMILES string of the molecule is O=C(NC1CN2CC[C@H]1C2)c1ccc(Cl)o1. The lowest BCUT2D eigenvalue weighted by Crippen LogP contribution is -2.43. The number of rotatable bonds is 2. The Morgan fingerprint density at radius 3 is 2.94 bits per heavy atom. The van der Waals surface area contributed by atoms with E-state index in [0.29, 0.717) is 11.7 Å². The van der Waals surface area contributed by atoms with Crippen molar-refractivity contribution in [3.63, 3.8) is 0 Å².